The van der Waals surface area contributed by atoms with Crippen LogP contribution in [-0.4, -0.2) is 36.1 Å². The zero-order valence-corrected chi connectivity index (χ0v) is 15.4. The lowest BCUT2D eigenvalue weighted by Gasteiger charge is -2.39. The highest BCUT2D eigenvalue weighted by Gasteiger charge is 2.29. The standard InChI is InChI=1S/C19H31N3.ClH/c1-15(2)13-22(14-16-8-11-20-12-9-16)18-7-3-5-17-6-4-10-21-19(17)18;/h4,6,10,15-16,18,20H,3,5,7-9,11-14H2,1-2H3;1H. The maximum atomic E-state index is 4.77. The third-order valence-corrected chi connectivity index (χ3v) is 5.16. The number of aromatic nitrogens is 1. The lowest BCUT2D eigenvalue weighted by molar-refractivity contribution is 0.121. The van der Waals surface area contributed by atoms with Crippen LogP contribution >= 0.6 is 12.4 Å². The van der Waals surface area contributed by atoms with Gasteiger partial charge in [-0.25, -0.2) is 0 Å². The Labute approximate surface area is 147 Å². The molecule has 1 aromatic heterocycles. The summed E-state index contributed by atoms with van der Waals surface area (Å²) in [6, 6.07) is 4.93. The molecule has 0 aromatic carbocycles. The summed E-state index contributed by atoms with van der Waals surface area (Å²) in [5.41, 5.74) is 2.85. The zero-order valence-electron chi connectivity index (χ0n) is 14.6. The summed E-state index contributed by atoms with van der Waals surface area (Å²) < 4.78 is 0. The van der Waals surface area contributed by atoms with Crippen LogP contribution in [0.1, 0.15) is 56.8 Å². The number of piperidine rings is 1. The van der Waals surface area contributed by atoms with Gasteiger partial charge in [0.1, 0.15) is 0 Å². The van der Waals surface area contributed by atoms with Gasteiger partial charge in [-0.05, 0) is 68.7 Å². The van der Waals surface area contributed by atoms with Gasteiger partial charge in [-0.2, -0.15) is 0 Å². The topological polar surface area (TPSA) is 28.2 Å². The molecule has 1 aliphatic carbocycles. The number of hydrogen-bond donors (Lipinski definition) is 1. The Morgan fingerprint density at radius 2 is 2.04 bits per heavy atom. The SMILES string of the molecule is CC(C)CN(CC1CCNCC1)C1CCCc2cccnc21.Cl. The lowest BCUT2D eigenvalue weighted by atomic mass is 9.88. The molecule has 1 unspecified atom stereocenters. The van der Waals surface area contributed by atoms with Crippen molar-refractivity contribution in [3.8, 4) is 0 Å². The van der Waals surface area contributed by atoms with Crippen molar-refractivity contribution in [1.29, 1.82) is 0 Å². The van der Waals surface area contributed by atoms with Crippen LogP contribution in [0.15, 0.2) is 18.3 Å². The molecule has 1 aromatic rings. The molecule has 23 heavy (non-hydrogen) atoms. The molecule has 4 heteroatoms. The van der Waals surface area contributed by atoms with Gasteiger partial charge in [0.15, 0.2) is 0 Å². The van der Waals surface area contributed by atoms with Crippen molar-refractivity contribution in [1.82, 2.24) is 15.2 Å². The summed E-state index contributed by atoms with van der Waals surface area (Å²) in [6.45, 7) is 9.53. The summed E-state index contributed by atoms with van der Waals surface area (Å²) in [4.78, 5) is 7.52. The molecule has 2 heterocycles. The number of pyridine rings is 1. The van der Waals surface area contributed by atoms with Crippen LogP contribution in [0, 0.1) is 11.8 Å². The van der Waals surface area contributed by atoms with Crippen molar-refractivity contribution in [3.05, 3.63) is 29.6 Å². The van der Waals surface area contributed by atoms with E-state index >= 15 is 0 Å². The molecule has 1 N–H and O–H groups in total. The van der Waals surface area contributed by atoms with E-state index in [1.54, 1.807) is 0 Å². The Morgan fingerprint density at radius 1 is 1.26 bits per heavy atom. The van der Waals surface area contributed by atoms with Gasteiger partial charge in [0.05, 0.1) is 11.7 Å². The number of nitrogens with one attached hydrogen (secondary N) is 1. The Hall–Kier alpha value is -0.640. The van der Waals surface area contributed by atoms with E-state index in [0.29, 0.717) is 6.04 Å². The fourth-order valence-corrected chi connectivity index (χ4v) is 4.13. The second kappa shape index (κ2) is 9.00. The summed E-state index contributed by atoms with van der Waals surface area (Å²) in [6.07, 6.45) is 8.44. The number of rotatable bonds is 5. The highest BCUT2D eigenvalue weighted by molar-refractivity contribution is 5.85. The van der Waals surface area contributed by atoms with Crippen LogP contribution in [0.2, 0.25) is 0 Å². The lowest BCUT2D eigenvalue weighted by Crippen LogP contribution is -2.41. The number of nitrogens with zero attached hydrogens (tertiary/aromatic N) is 2. The molecule has 1 aliphatic heterocycles. The smallest absolute Gasteiger partial charge is 0.0607 e. The van der Waals surface area contributed by atoms with Gasteiger partial charge in [0.25, 0.3) is 0 Å². The second-order valence-corrected chi connectivity index (χ2v) is 7.50. The molecular formula is C19H32ClN3. The van der Waals surface area contributed by atoms with E-state index in [-0.39, 0.29) is 12.4 Å². The summed E-state index contributed by atoms with van der Waals surface area (Å²) in [7, 11) is 0. The minimum Gasteiger partial charge on any atom is -0.317 e. The molecule has 130 valence electrons. The first-order chi connectivity index (χ1) is 10.7. The number of aryl methyl sites for hydroxylation is 1. The molecule has 3 nitrogen and oxygen atoms in total. The molecule has 1 fully saturated rings. The maximum Gasteiger partial charge on any atom is 0.0607 e. The Balaban J connectivity index is 0.00000192. The van der Waals surface area contributed by atoms with Crippen molar-refractivity contribution in [2.24, 2.45) is 11.8 Å². The first-order valence-corrected chi connectivity index (χ1v) is 9.12. The first kappa shape index (κ1) is 18.7. The third kappa shape index (κ3) is 4.91. The predicted octanol–water partition coefficient (Wildman–Crippen LogP) is 3.84. The van der Waals surface area contributed by atoms with E-state index < -0.39 is 0 Å². The number of fused-ring (bicyclic) bond motifs is 1. The molecule has 1 atom stereocenters. The molecule has 0 bridgehead atoms. The van der Waals surface area contributed by atoms with Gasteiger partial charge in [-0.15, -0.1) is 12.4 Å². The average Bonchev–Trinajstić information content (AvgIpc) is 2.54. The fraction of sp³-hybridized carbons (Fsp3) is 0.737. The molecule has 0 saturated carbocycles. The van der Waals surface area contributed by atoms with E-state index in [0.717, 1.165) is 11.8 Å². The van der Waals surface area contributed by atoms with Crippen molar-refractivity contribution in [2.75, 3.05) is 26.2 Å². The van der Waals surface area contributed by atoms with E-state index in [1.807, 2.05) is 6.20 Å². The van der Waals surface area contributed by atoms with Crippen molar-refractivity contribution in [3.63, 3.8) is 0 Å². The third-order valence-electron chi connectivity index (χ3n) is 5.16. The van der Waals surface area contributed by atoms with Gasteiger partial charge >= 0.3 is 0 Å². The molecule has 0 spiro atoms. The highest BCUT2D eigenvalue weighted by Crippen LogP contribution is 2.34. The Bertz CT molecular complexity index is 471. The average molecular weight is 338 g/mol. The molecule has 2 aliphatic rings. The minimum absolute atomic E-state index is 0. The van der Waals surface area contributed by atoms with Gasteiger partial charge < -0.3 is 5.32 Å². The van der Waals surface area contributed by atoms with Crippen LogP contribution in [0.3, 0.4) is 0 Å². The molecule has 3 rings (SSSR count). The van der Waals surface area contributed by atoms with E-state index in [4.69, 9.17) is 4.98 Å². The zero-order chi connectivity index (χ0) is 15.4. The second-order valence-electron chi connectivity index (χ2n) is 7.50. The quantitative estimate of drug-likeness (QED) is 0.884. The van der Waals surface area contributed by atoms with Gasteiger partial charge in [-0.3, -0.25) is 9.88 Å². The summed E-state index contributed by atoms with van der Waals surface area (Å²) >= 11 is 0. The van der Waals surface area contributed by atoms with Crippen LogP contribution in [-0.2, 0) is 6.42 Å². The number of hydrogen-bond acceptors (Lipinski definition) is 3. The molecule has 1 saturated heterocycles. The van der Waals surface area contributed by atoms with Gasteiger partial charge in [-0.1, -0.05) is 19.9 Å². The molecule has 0 radical (unpaired) electrons. The van der Waals surface area contributed by atoms with Crippen molar-refractivity contribution >= 4 is 12.4 Å². The monoisotopic (exact) mass is 337 g/mol. The van der Waals surface area contributed by atoms with Crippen LogP contribution < -0.4 is 5.32 Å². The van der Waals surface area contributed by atoms with Crippen LogP contribution in [0.4, 0.5) is 0 Å². The predicted molar refractivity (Wildman–Crippen MR) is 99.2 cm³/mol. The molecular weight excluding hydrogens is 306 g/mol. The largest absolute Gasteiger partial charge is 0.317 e. The van der Waals surface area contributed by atoms with Crippen molar-refractivity contribution in [2.45, 2.75) is 52.0 Å². The van der Waals surface area contributed by atoms with E-state index in [9.17, 15) is 0 Å². The van der Waals surface area contributed by atoms with Gasteiger partial charge in [0.2, 0.25) is 0 Å². The van der Waals surface area contributed by atoms with Crippen LogP contribution in [0.5, 0.6) is 0 Å². The fourth-order valence-electron chi connectivity index (χ4n) is 4.13. The van der Waals surface area contributed by atoms with Crippen molar-refractivity contribution < 1.29 is 0 Å². The number of halogens is 1. The Morgan fingerprint density at radius 3 is 2.78 bits per heavy atom. The highest BCUT2D eigenvalue weighted by atomic mass is 35.5. The molecule has 0 amide bonds. The van der Waals surface area contributed by atoms with E-state index in [1.165, 1.54) is 69.5 Å². The van der Waals surface area contributed by atoms with Gasteiger partial charge in [0, 0.05) is 19.3 Å². The normalized spacial score (nSPS) is 22.0. The van der Waals surface area contributed by atoms with E-state index in [2.05, 4.69) is 36.2 Å². The Kier molecular flexibility index (Phi) is 7.32. The van der Waals surface area contributed by atoms with Crippen LogP contribution in [0.25, 0.3) is 0 Å². The maximum absolute atomic E-state index is 4.77. The minimum atomic E-state index is 0. The summed E-state index contributed by atoms with van der Waals surface area (Å²) in [5.74, 6) is 1.57. The first-order valence-electron chi connectivity index (χ1n) is 9.12. The summed E-state index contributed by atoms with van der Waals surface area (Å²) in [5, 5.41) is 3.49.